The summed E-state index contributed by atoms with van der Waals surface area (Å²) in [4.78, 5) is 46.4. The van der Waals surface area contributed by atoms with Gasteiger partial charge in [0.05, 0.1) is 44.7 Å². The van der Waals surface area contributed by atoms with E-state index in [1.54, 1.807) is 32.0 Å². The van der Waals surface area contributed by atoms with Gasteiger partial charge in [0.25, 0.3) is 11.6 Å². The Morgan fingerprint density at radius 3 is 1.62 bits per heavy atom. The fourth-order valence-corrected chi connectivity index (χ4v) is 20.2. The number of anilines is 4. The number of hydrogen-bond donors (Lipinski definition) is 0. The van der Waals surface area contributed by atoms with Crippen LogP contribution in [-0.4, -0.2) is 101 Å². The van der Waals surface area contributed by atoms with E-state index in [0.29, 0.717) is 17.4 Å². The van der Waals surface area contributed by atoms with Crippen molar-refractivity contribution in [2.75, 3.05) is 9.80 Å². The van der Waals surface area contributed by atoms with Gasteiger partial charge in [-0.3, -0.25) is 19.2 Å². The average Bonchev–Trinajstić information content (AvgIpc) is 1.66. The summed E-state index contributed by atoms with van der Waals surface area (Å²) >= 11 is 6.01. The lowest BCUT2D eigenvalue weighted by atomic mass is 10.0. The van der Waals surface area contributed by atoms with Gasteiger partial charge in [-0.1, -0.05) is 299 Å². The topological polar surface area (TPSA) is 256 Å². The highest BCUT2D eigenvalue weighted by Crippen LogP contribution is 2.44. The third-order valence-electron chi connectivity index (χ3n) is 23.1. The van der Waals surface area contributed by atoms with Gasteiger partial charge < -0.3 is 0 Å². The minimum atomic E-state index is 0.0120. The largest absolute Gasteiger partial charge is 0.454 e. The molecule has 1 atom stereocenters. The molecule has 0 bridgehead atoms. The molecule has 0 saturated heterocycles. The zero-order valence-electron chi connectivity index (χ0n) is 73.9. The van der Waals surface area contributed by atoms with Crippen molar-refractivity contribution in [3.8, 4) is 45.2 Å². The van der Waals surface area contributed by atoms with Crippen LogP contribution in [0.1, 0.15) is 35.3 Å². The summed E-state index contributed by atoms with van der Waals surface area (Å²) in [6.45, 7) is 9.97. The Balaban J connectivity index is 0.000000103. The number of fused-ring (bicyclic) bond motifs is 12. The molecule has 23 aromatic rings. The molecule has 136 heavy (non-hydrogen) atoms. The number of aromatic nitrogens is 18. The number of nitrogens with zero attached hydrogens (tertiary/aromatic N) is 24. The van der Waals surface area contributed by atoms with Crippen molar-refractivity contribution in [2.24, 2.45) is 20.1 Å². The van der Waals surface area contributed by atoms with Gasteiger partial charge in [0, 0.05) is 91.7 Å². The monoisotopic (exact) mass is 1840 g/mol. The molecule has 654 valence electrons. The minimum absolute atomic E-state index is 0.0120. The van der Waals surface area contributed by atoms with E-state index in [2.05, 4.69) is 319 Å². The van der Waals surface area contributed by atoms with Crippen LogP contribution in [0.25, 0.3) is 126 Å². The number of rotatable bonds is 13. The smallest absolute Gasteiger partial charge is 0.294 e. The van der Waals surface area contributed by atoms with Gasteiger partial charge in [-0.2, -0.15) is 32.8 Å². The standard InChI is InChI=1S/C38H26N4.C24H14N4S.C19H11N7S2.C19H17N5S.C8H11N4/c1-3-17-29(18-4-1)41(35-23-11-15-27-13-7-9-21-31(27)35)37-33-25-40-38(34(33)26-39-37)42(30-19-5-2-6-20-30)36-24-12-16-28-14-8-10-22-32(28)36;1-3-7-17-13-19(11-9-15(17)5-1)21-23-24(28-29-27-23)22(26-25-21)20-12-10-16-6-2-4-8-18(16)14-20;1-2-6-12(7-3-1)13-10-16(26-17(22-13)20-11-21-26)28-19-24-23-18-25(19)14-8-4-5-9-15(14)27-18;1-13-6-8-15(9-7-13)18-22-19-21-14(2)11-17(24(19)23-18)25-12-16-5-3-4-10-20-16;1-5-4-6(2)12-8(9-5)10-7(3)11-12/h1-26H;1-14H;1-11H;3-11H,12H2,1-2H3;4,7H,1-3H3/q;;;;+1. The third-order valence-corrected chi connectivity index (χ3v) is 26.6. The van der Waals surface area contributed by atoms with Gasteiger partial charge in [-0.05, 0) is 164 Å². The van der Waals surface area contributed by atoms with Crippen LogP contribution in [0, 0.1) is 27.7 Å². The van der Waals surface area contributed by atoms with Gasteiger partial charge in [0.15, 0.2) is 5.82 Å². The molecule has 3 aliphatic rings. The zero-order valence-corrected chi connectivity index (χ0v) is 77.1. The normalized spacial score (nSPS) is 12.9. The summed E-state index contributed by atoms with van der Waals surface area (Å²) < 4.78 is 17.7. The Labute approximate surface area is 795 Å². The number of amidine groups is 2. The van der Waals surface area contributed by atoms with Crippen molar-refractivity contribution >= 4 is 162 Å². The number of pyridine rings is 1. The second kappa shape index (κ2) is 37.5. The van der Waals surface area contributed by atoms with Crippen molar-refractivity contribution in [1.82, 2.24) is 82.7 Å². The number of benzene rings is 13. The Bertz CT molecular complexity index is 8490. The molecule has 10 aromatic heterocycles. The van der Waals surface area contributed by atoms with Crippen LogP contribution < -0.4 is 19.8 Å². The Morgan fingerprint density at radius 1 is 0.441 bits per heavy atom. The minimum Gasteiger partial charge on any atom is -0.294 e. The van der Waals surface area contributed by atoms with Crippen molar-refractivity contribution in [3.05, 3.63) is 416 Å². The molecule has 0 aliphatic carbocycles. The lowest BCUT2D eigenvalue weighted by Gasteiger charge is -2.28. The van der Waals surface area contributed by atoms with E-state index in [0.717, 1.165) is 156 Å². The lowest BCUT2D eigenvalue weighted by molar-refractivity contribution is -0.571. The van der Waals surface area contributed by atoms with E-state index in [1.807, 2.05) is 178 Å². The molecule has 0 amide bonds. The maximum Gasteiger partial charge on any atom is 0.454 e. The Morgan fingerprint density at radius 2 is 1.00 bits per heavy atom. The van der Waals surface area contributed by atoms with Crippen LogP contribution in [0.2, 0.25) is 0 Å². The van der Waals surface area contributed by atoms with E-state index in [4.69, 9.17) is 9.98 Å². The van der Waals surface area contributed by atoms with Crippen LogP contribution in [-0.2, 0) is 5.75 Å². The Kier molecular flexibility index (Phi) is 23.3. The number of thiazole rings is 1. The summed E-state index contributed by atoms with van der Waals surface area (Å²) in [6, 6.07) is 118. The zero-order chi connectivity index (χ0) is 91.5. The van der Waals surface area contributed by atoms with Crippen LogP contribution in [0.3, 0.4) is 0 Å². The molecule has 24 nitrogen and oxygen atoms in total. The van der Waals surface area contributed by atoms with E-state index in [9.17, 15) is 0 Å². The molecule has 1 unspecified atom stereocenters. The van der Waals surface area contributed by atoms with Gasteiger partial charge in [-0.25, -0.2) is 20.0 Å². The number of hydrogen-bond acceptors (Lipinski definition) is 24. The van der Waals surface area contributed by atoms with E-state index >= 15 is 0 Å². The maximum absolute atomic E-state index is 5.07. The highest BCUT2D eigenvalue weighted by atomic mass is 32.2. The van der Waals surface area contributed by atoms with E-state index < -0.39 is 0 Å². The van der Waals surface area contributed by atoms with Crippen LogP contribution in [0.15, 0.2) is 417 Å². The number of para-hydroxylation sites is 3. The number of thioether (sulfide) groups is 1. The fourth-order valence-electron chi connectivity index (χ4n) is 16.7. The predicted octanol–water partition coefficient (Wildman–Crippen LogP) is 24.0. The van der Waals surface area contributed by atoms with Crippen molar-refractivity contribution in [2.45, 2.75) is 61.7 Å². The molecule has 26 rings (SSSR count). The molecule has 0 radical (unpaired) electrons. The van der Waals surface area contributed by atoms with E-state index in [-0.39, 0.29) is 6.17 Å². The van der Waals surface area contributed by atoms with Gasteiger partial charge in [0.1, 0.15) is 61.9 Å². The maximum atomic E-state index is 5.07. The molecule has 0 spiro atoms. The molecule has 0 saturated carbocycles. The number of aryl methyl sites for hydroxylation is 4. The number of aliphatic imine (C=N–C) groups is 2. The summed E-state index contributed by atoms with van der Waals surface area (Å²) in [5, 5.41) is 43.3. The fraction of sp³-hybridized carbons (Fsp3) is 0.0648. The van der Waals surface area contributed by atoms with Crippen LogP contribution >= 0.6 is 46.6 Å². The van der Waals surface area contributed by atoms with E-state index in [1.165, 1.54) is 83.2 Å². The first-order valence-electron chi connectivity index (χ1n) is 44.0. The van der Waals surface area contributed by atoms with Crippen molar-refractivity contribution in [3.63, 3.8) is 0 Å². The first kappa shape index (κ1) is 84.7. The Hall–Kier alpha value is -16.8. The van der Waals surface area contributed by atoms with Gasteiger partial charge in [-0.15, -0.1) is 29.9 Å². The van der Waals surface area contributed by atoms with Gasteiger partial charge >= 0.3 is 5.62 Å². The summed E-state index contributed by atoms with van der Waals surface area (Å²) in [5.74, 6) is 4.37. The summed E-state index contributed by atoms with van der Waals surface area (Å²) in [6.07, 6.45) is 7.28. The second-order valence-corrected chi connectivity index (χ2v) is 35.8. The molecular weight excluding hydrogens is 1760 g/mol. The third kappa shape index (κ3) is 17.2. The first-order chi connectivity index (χ1) is 66.9. The van der Waals surface area contributed by atoms with Gasteiger partial charge in [0.2, 0.25) is 16.3 Å². The van der Waals surface area contributed by atoms with Crippen molar-refractivity contribution in [1.29, 1.82) is 0 Å². The molecule has 13 heterocycles. The van der Waals surface area contributed by atoms with Crippen LogP contribution in [0.4, 0.5) is 22.7 Å². The average molecular weight is 1840 g/mol. The van der Waals surface area contributed by atoms with Crippen molar-refractivity contribution < 1.29 is 4.36 Å². The predicted molar refractivity (Wildman–Crippen MR) is 546 cm³/mol. The molecule has 0 N–H and O–H groups in total. The first-order valence-corrected chi connectivity index (χ1v) is 47.3. The lowest BCUT2D eigenvalue weighted by Crippen LogP contribution is -2.39. The summed E-state index contributed by atoms with van der Waals surface area (Å²) in [5.41, 5.74) is 21.3. The van der Waals surface area contributed by atoms with Crippen LogP contribution in [0.5, 0.6) is 0 Å². The summed E-state index contributed by atoms with van der Waals surface area (Å²) in [7, 11) is 0. The molecular formula is C108H79N24S4+. The second-order valence-electron chi connectivity index (χ2n) is 32.3. The quantitative estimate of drug-likeness (QED) is 0.0590. The molecule has 28 heteroatoms. The molecule has 3 aliphatic heterocycles. The highest BCUT2D eigenvalue weighted by Gasteiger charge is 2.36. The highest BCUT2D eigenvalue weighted by molar-refractivity contribution is 7.99. The molecule has 0 fully saturated rings. The SMILES string of the molecule is C1=C2C(=CN=C2N(c2ccccc2)c2cccc3ccccc23)C(N(c2ccccc2)c2cccc3ccccc23)=N1.Cc1cc(C)[n+]2c(n1)=NC(C)N=2.Cc1ccc(-c2nc3nc(C)cc(SCc4ccccn4)n3n2)cc1.c1ccc(-c2cc(Sc3nnc4sc5ccccc5n34)n3ncnc3n2)cc1.c1ccc2cc(-c3nnc(-c4ccc5ccccc5c4)c4nsnc34)ccc2c1. The molecule has 13 aromatic carbocycles.